The zero-order valence-corrected chi connectivity index (χ0v) is 15.0. The molecule has 2 aromatic heterocycles. The normalized spacial score (nSPS) is 10.8. The van der Waals surface area contributed by atoms with Gasteiger partial charge in [0.05, 0.1) is 10.9 Å². The highest BCUT2D eigenvalue weighted by Gasteiger charge is 2.18. The number of pyridine rings is 2. The number of halogens is 2. The lowest BCUT2D eigenvalue weighted by Crippen LogP contribution is -2.24. The Morgan fingerprint density at radius 3 is 1.62 bits per heavy atom. The average molecular weight is 422 g/mol. The first-order chi connectivity index (χ1) is 10.2. The molecule has 0 N–H and O–H groups in total. The summed E-state index contributed by atoms with van der Waals surface area (Å²) in [5.41, 5.74) is 2.10. The fourth-order valence-corrected chi connectivity index (χ4v) is 4.46. The van der Waals surface area contributed by atoms with Crippen molar-refractivity contribution in [3.63, 3.8) is 0 Å². The number of hydrogen-bond donors (Lipinski definition) is 0. The van der Waals surface area contributed by atoms with Gasteiger partial charge in [-0.3, -0.25) is 9.97 Å². The van der Waals surface area contributed by atoms with Crippen LogP contribution in [0.5, 0.6) is 0 Å². The first-order valence-corrected chi connectivity index (χ1v) is 9.25. The Labute approximate surface area is 141 Å². The van der Waals surface area contributed by atoms with Gasteiger partial charge in [-0.2, -0.15) is 0 Å². The molecule has 3 aromatic rings. The van der Waals surface area contributed by atoms with E-state index in [1.54, 1.807) is 0 Å². The molecular formula is C16H11Br2N2P. The van der Waals surface area contributed by atoms with Gasteiger partial charge in [0, 0.05) is 29.3 Å². The summed E-state index contributed by atoms with van der Waals surface area (Å²) in [5, 5.41) is 1.25. The van der Waals surface area contributed by atoms with Crippen molar-refractivity contribution in [1.82, 2.24) is 9.97 Å². The van der Waals surface area contributed by atoms with Crippen LogP contribution in [0.1, 0.15) is 0 Å². The Balaban J connectivity index is 2.11. The fourth-order valence-electron chi connectivity index (χ4n) is 1.96. The Hall–Kier alpha value is -1.09. The lowest BCUT2D eigenvalue weighted by Gasteiger charge is -2.17. The Kier molecular flexibility index (Phi) is 4.79. The first kappa shape index (κ1) is 14.8. The largest absolute Gasteiger partial charge is 0.255 e. The highest BCUT2D eigenvalue weighted by atomic mass is 79.9. The van der Waals surface area contributed by atoms with Crippen LogP contribution in [0.2, 0.25) is 0 Å². The molecule has 0 aliphatic heterocycles. The number of rotatable bonds is 3. The molecule has 0 aliphatic rings. The highest BCUT2D eigenvalue weighted by molar-refractivity contribution is 9.10. The van der Waals surface area contributed by atoms with Crippen LogP contribution in [0.3, 0.4) is 0 Å². The van der Waals surface area contributed by atoms with Crippen molar-refractivity contribution in [2.45, 2.75) is 0 Å². The summed E-state index contributed by atoms with van der Waals surface area (Å²) in [4.78, 5) is 9.17. The lowest BCUT2D eigenvalue weighted by molar-refractivity contribution is 1.35. The van der Waals surface area contributed by atoms with Gasteiger partial charge in [-0.15, -0.1) is 0 Å². The van der Waals surface area contributed by atoms with Crippen molar-refractivity contribution in [2.75, 3.05) is 0 Å². The number of benzene rings is 1. The van der Waals surface area contributed by atoms with Crippen molar-refractivity contribution >= 4 is 56.0 Å². The van der Waals surface area contributed by atoms with Crippen LogP contribution in [0.4, 0.5) is 0 Å². The maximum atomic E-state index is 4.58. The predicted molar refractivity (Wildman–Crippen MR) is 96.1 cm³/mol. The van der Waals surface area contributed by atoms with Gasteiger partial charge in [0.15, 0.2) is 0 Å². The molecule has 0 fully saturated rings. The number of hydrogen-bond acceptors (Lipinski definition) is 2. The fraction of sp³-hybridized carbons (Fsp3) is 0. The second-order valence-corrected chi connectivity index (χ2v) is 8.28. The van der Waals surface area contributed by atoms with Crippen LogP contribution in [-0.4, -0.2) is 9.97 Å². The van der Waals surface area contributed by atoms with Gasteiger partial charge in [0.1, 0.15) is 0 Å². The topological polar surface area (TPSA) is 25.8 Å². The van der Waals surface area contributed by atoms with E-state index in [1.807, 2.05) is 30.6 Å². The molecule has 0 saturated carbocycles. The second-order valence-electron chi connectivity index (χ2n) is 4.34. The van der Waals surface area contributed by atoms with Gasteiger partial charge in [-0.1, -0.05) is 30.3 Å². The van der Waals surface area contributed by atoms with Crippen LogP contribution in [-0.2, 0) is 0 Å². The third-order valence-corrected chi connectivity index (χ3v) is 6.09. The molecular weight excluding hydrogens is 411 g/mol. The molecule has 0 spiro atoms. The molecule has 1 aromatic carbocycles. The van der Waals surface area contributed by atoms with E-state index in [9.17, 15) is 0 Å². The van der Waals surface area contributed by atoms with Crippen LogP contribution in [0.25, 0.3) is 0 Å². The number of aromatic nitrogens is 2. The Bertz CT molecular complexity index is 670. The number of nitrogens with zero attached hydrogens (tertiary/aromatic N) is 2. The Morgan fingerprint density at radius 2 is 1.19 bits per heavy atom. The van der Waals surface area contributed by atoms with Gasteiger partial charge in [0.25, 0.3) is 0 Å². The quantitative estimate of drug-likeness (QED) is 0.602. The summed E-state index contributed by atoms with van der Waals surface area (Å²) >= 11 is 6.88. The van der Waals surface area contributed by atoms with E-state index in [2.05, 4.69) is 78.2 Å². The van der Waals surface area contributed by atoms with E-state index in [0.29, 0.717) is 0 Å². The summed E-state index contributed by atoms with van der Waals surface area (Å²) in [6.45, 7) is 0. The zero-order chi connectivity index (χ0) is 14.7. The first-order valence-electron chi connectivity index (χ1n) is 6.32. The minimum absolute atomic E-state index is 0.735. The summed E-state index contributed by atoms with van der Waals surface area (Å²) in [5.74, 6) is 0. The van der Waals surface area contributed by atoms with Gasteiger partial charge in [0.2, 0.25) is 0 Å². The van der Waals surface area contributed by atoms with Crippen molar-refractivity contribution in [3.05, 3.63) is 75.9 Å². The molecule has 0 atom stereocenters. The van der Waals surface area contributed by atoms with E-state index < -0.39 is 7.92 Å². The van der Waals surface area contributed by atoms with Crippen molar-refractivity contribution in [2.24, 2.45) is 0 Å². The van der Waals surface area contributed by atoms with Crippen molar-refractivity contribution in [3.8, 4) is 0 Å². The molecule has 2 nitrogen and oxygen atoms in total. The molecule has 0 saturated heterocycles. The summed E-state index contributed by atoms with van der Waals surface area (Å²) in [6.07, 6.45) is 3.68. The highest BCUT2D eigenvalue weighted by Crippen LogP contribution is 2.31. The van der Waals surface area contributed by atoms with E-state index >= 15 is 0 Å². The molecule has 104 valence electrons. The maximum absolute atomic E-state index is 4.58. The van der Waals surface area contributed by atoms with Crippen LogP contribution in [0, 0.1) is 0 Å². The third kappa shape index (κ3) is 3.57. The molecule has 0 radical (unpaired) electrons. The van der Waals surface area contributed by atoms with Crippen molar-refractivity contribution < 1.29 is 0 Å². The van der Waals surface area contributed by atoms with E-state index in [4.69, 9.17) is 0 Å². The smallest absolute Gasteiger partial charge is 0.0738 e. The average Bonchev–Trinajstić information content (AvgIpc) is 2.52. The molecule has 2 heterocycles. The van der Waals surface area contributed by atoms with E-state index in [1.165, 1.54) is 5.30 Å². The SMILES string of the molecule is Brc1ccc(P(c2ccccc2)c2ccc(Br)cn2)nc1. The van der Waals surface area contributed by atoms with Gasteiger partial charge < -0.3 is 0 Å². The summed E-state index contributed by atoms with van der Waals surface area (Å²) in [7, 11) is -0.735. The molecule has 0 aliphatic carbocycles. The molecule has 3 rings (SSSR count). The Morgan fingerprint density at radius 1 is 0.667 bits per heavy atom. The molecule has 0 amide bonds. The summed E-state index contributed by atoms with van der Waals surface area (Å²) < 4.78 is 1.97. The maximum Gasteiger partial charge on any atom is 0.0738 e. The van der Waals surface area contributed by atoms with Crippen LogP contribution >= 0.6 is 39.8 Å². The standard InChI is InChI=1S/C16H11Br2N2P/c17-12-6-8-15(19-10-12)21(14-4-2-1-3-5-14)16-9-7-13(18)11-20-16/h1-11H. The second kappa shape index (κ2) is 6.78. The summed E-state index contributed by atoms with van der Waals surface area (Å²) in [6, 6.07) is 18.6. The zero-order valence-electron chi connectivity index (χ0n) is 10.9. The minimum Gasteiger partial charge on any atom is -0.255 e. The monoisotopic (exact) mass is 420 g/mol. The van der Waals surface area contributed by atoms with Gasteiger partial charge >= 0.3 is 0 Å². The molecule has 21 heavy (non-hydrogen) atoms. The van der Waals surface area contributed by atoms with Crippen molar-refractivity contribution in [1.29, 1.82) is 0 Å². The molecule has 5 heteroatoms. The van der Waals surface area contributed by atoms with Crippen LogP contribution in [0.15, 0.2) is 75.9 Å². The van der Waals surface area contributed by atoms with E-state index in [-0.39, 0.29) is 0 Å². The van der Waals surface area contributed by atoms with Crippen LogP contribution < -0.4 is 16.2 Å². The lowest BCUT2D eigenvalue weighted by atomic mass is 10.4. The van der Waals surface area contributed by atoms with Gasteiger partial charge in [-0.05, 0) is 61.4 Å². The predicted octanol–water partition coefficient (Wildman–Crippen LogP) is 3.76. The molecule has 0 unspecified atom stereocenters. The molecule has 0 bridgehead atoms. The minimum atomic E-state index is -0.735. The third-order valence-electron chi connectivity index (χ3n) is 2.90. The van der Waals surface area contributed by atoms with E-state index in [0.717, 1.165) is 19.8 Å². The van der Waals surface area contributed by atoms with Gasteiger partial charge in [-0.25, -0.2) is 0 Å².